The number of hydrogen-bond donors (Lipinski definition) is 0. The molecule has 0 radical (unpaired) electrons. The van der Waals surface area contributed by atoms with E-state index in [1.807, 2.05) is 0 Å². The summed E-state index contributed by atoms with van der Waals surface area (Å²) >= 11 is 0. The Labute approximate surface area is 85.6 Å². The van der Waals surface area contributed by atoms with Crippen LogP contribution in [-0.4, -0.2) is 0 Å². The molecule has 0 fully saturated rings. The van der Waals surface area contributed by atoms with E-state index in [4.69, 9.17) is 0 Å². The molecule has 0 aromatic carbocycles. The van der Waals surface area contributed by atoms with Crippen molar-refractivity contribution in [1.29, 1.82) is 0 Å². The number of hydrogen-bond acceptors (Lipinski definition) is 0. The van der Waals surface area contributed by atoms with E-state index < -0.39 is 0 Å². The van der Waals surface area contributed by atoms with Crippen LogP contribution < -0.4 is 0 Å². The minimum atomic E-state index is 0. The van der Waals surface area contributed by atoms with Crippen LogP contribution in [0.15, 0.2) is 17.7 Å². The van der Waals surface area contributed by atoms with Gasteiger partial charge in [-0.05, 0) is 0 Å². The van der Waals surface area contributed by atoms with E-state index in [1.165, 1.54) is 18.4 Å². The number of rotatable bonds is 2. The van der Waals surface area contributed by atoms with Gasteiger partial charge in [-0.3, -0.25) is 15.5 Å². The van der Waals surface area contributed by atoms with Crippen molar-refractivity contribution in [3.63, 3.8) is 0 Å². The van der Waals surface area contributed by atoms with Gasteiger partial charge >= 0.3 is 0 Å². The van der Waals surface area contributed by atoms with Crippen LogP contribution in [0.4, 0.5) is 9.41 Å². The van der Waals surface area contributed by atoms with Crippen molar-refractivity contribution in [2.24, 2.45) is 0 Å². The van der Waals surface area contributed by atoms with Crippen molar-refractivity contribution in [2.75, 3.05) is 0 Å². The summed E-state index contributed by atoms with van der Waals surface area (Å²) in [5.74, 6) is 0. The van der Waals surface area contributed by atoms with Gasteiger partial charge in [0.15, 0.2) is 0 Å². The van der Waals surface area contributed by atoms with Crippen molar-refractivity contribution in [2.45, 2.75) is 26.2 Å². The fourth-order valence-electron chi connectivity index (χ4n) is 0.902. The minimum Gasteiger partial charge on any atom is -0.273 e. The molecule has 0 N–H and O–H groups in total. The molecule has 0 spiro atoms. The van der Waals surface area contributed by atoms with Gasteiger partial charge in [-0.25, -0.2) is 11.6 Å². The van der Waals surface area contributed by atoms with Gasteiger partial charge in [0.2, 0.25) is 0 Å². The average molecular weight is 238 g/mol. The first-order chi connectivity index (χ1) is 3.93. The van der Waals surface area contributed by atoms with E-state index >= 15 is 0 Å². The van der Waals surface area contributed by atoms with Gasteiger partial charge in [0.05, 0.1) is 0 Å². The zero-order chi connectivity index (χ0) is 5.82. The maximum Gasteiger partial charge on any atom is 0 e. The van der Waals surface area contributed by atoms with E-state index in [-0.39, 0.29) is 35.6 Å². The van der Waals surface area contributed by atoms with Gasteiger partial charge in [-0.2, -0.15) is 6.08 Å². The molecule has 1 aliphatic rings. The molecule has 0 unspecified atom stereocenters. The Morgan fingerprint density at radius 1 is 1.45 bits per heavy atom. The molecule has 0 saturated heterocycles. The molecular weight excluding hydrogens is 225 g/mol. The van der Waals surface area contributed by atoms with Gasteiger partial charge in [-0.15, -0.1) is 6.42 Å². The number of halogens is 2. The minimum absolute atomic E-state index is 0. The fourth-order valence-corrected chi connectivity index (χ4v) is 0.902. The van der Waals surface area contributed by atoms with Crippen LogP contribution in [0, 0.1) is 6.08 Å². The Balaban J connectivity index is -0.000000213. The van der Waals surface area contributed by atoms with Crippen LogP contribution in [-0.2, 0) is 26.2 Å². The smallest absolute Gasteiger partial charge is 0 e. The Hall–Kier alpha value is 0.223. The van der Waals surface area contributed by atoms with Crippen LogP contribution in [0.2, 0.25) is 0 Å². The molecule has 1 rings (SSSR count). The van der Waals surface area contributed by atoms with Crippen molar-refractivity contribution < 1.29 is 35.6 Å². The van der Waals surface area contributed by atoms with Gasteiger partial charge in [0.1, 0.15) is 0 Å². The van der Waals surface area contributed by atoms with E-state index in [1.54, 1.807) is 0 Å². The summed E-state index contributed by atoms with van der Waals surface area (Å²) in [7, 11) is 0. The van der Waals surface area contributed by atoms with Gasteiger partial charge in [0, 0.05) is 26.2 Å². The molecular formula is C8H13F2Zr-. The Morgan fingerprint density at radius 3 is 2.45 bits per heavy atom. The van der Waals surface area contributed by atoms with Gasteiger partial charge in [-0.1, -0.05) is 19.8 Å². The van der Waals surface area contributed by atoms with E-state index in [0.717, 1.165) is 6.42 Å². The first-order valence-corrected chi connectivity index (χ1v) is 3.19. The van der Waals surface area contributed by atoms with Crippen LogP contribution in [0.25, 0.3) is 0 Å². The molecule has 0 heterocycles. The largest absolute Gasteiger partial charge is 0.273 e. The first-order valence-electron chi connectivity index (χ1n) is 3.19. The second kappa shape index (κ2) is 10.2. The first kappa shape index (κ1) is 17.3. The quantitative estimate of drug-likeness (QED) is 0.649. The summed E-state index contributed by atoms with van der Waals surface area (Å²) in [5, 5.41) is 0. The topological polar surface area (TPSA) is 0 Å². The summed E-state index contributed by atoms with van der Waals surface area (Å²) in [4.78, 5) is 0. The van der Waals surface area contributed by atoms with E-state index in [2.05, 4.69) is 25.2 Å². The van der Waals surface area contributed by atoms with Crippen molar-refractivity contribution >= 4 is 0 Å². The zero-order valence-corrected chi connectivity index (χ0v) is 9.05. The molecule has 0 aromatic rings. The summed E-state index contributed by atoms with van der Waals surface area (Å²) in [6.07, 6.45) is 11.0. The van der Waals surface area contributed by atoms with E-state index in [0.29, 0.717) is 0 Å². The molecule has 0 aliphatic heterocycles. The van der Waals surface area contributed by atoms with Crippen LogP contribution >= 0.6 is 0 Å². The third-order valence-electron chi connectivity index (χ3n) is 1.31. The second-order valence-electron chi connectivity index (χ2n) is 2.08. The van der Waals surface area contributed by atoms with Gasteiger partial charge in [0.25, 0.3) is 0 Å². The molecule has 0 nitrogen and oxygen atoms in total. The Bertz CT molecular complexity index is 130. The predicted octanol–water partition coefficient (Wildman–Crippen LogP) is 2.78. The number of allylic oxidation sites excluding steroid dienone is 4. The SMILES string of the molecule is CCCC1=CC[C-]=C1.F.F.[Zr]. The molecule has 1 aliphatic carbocycles. The monoisotopic (exact) mass is 237 g/mol. The molecule has 0 saturated carbocycles. The molecule has 0 amide bonds. The molecule has 64 valence electrons. The van der Waals surface area contributed by atoms with Crippen molar-refractivity contribution in [3.8, 4) is 0 Å². The molecule has 0 atom stereocenters. The molecule has 11 heavy (non-hydrogen) atoms. The normalized spacial score (nSPS) is 12.3. The maximum atomic E-state index is 3.14. The van der Waals surface area contributed by atoms with Crippen LogP contribution in [0.1, 0.15) is 26.2 Å². The second-order valence-corrected chi connectivity index (χ2v) is 2.08. The summed E-state index contributed by atoms with van der Waals surface area (Å²) < 4.78 is 0. The molecule has 0 aromatic heterocycles. The van der Waals surface area contributed by atoms with Crippen molar-refractivity contribution in [3.05, 3.63) is 23.8 Å². The maximum absolute atomic E-state index is 3.14. The third kappa shape index (κ3) is 6.61. The summed E-state index contributed by atoms with van der Waals surface area (Å²) in [5.41, 5.74) is 1.47. The Kier molecular flexibility index (Phi) is 16.1. The average Bonchev–Trinajstić information content (AvgIpc) is 2.19. The standard InChI is InChI=1S/C8H11.2FH.Zr/c1-2-5-8-6-3-4-7-8;;;/h6-7H,2-3,5H2,1H3;2*1H;/q-1;;;. The third-order valence-corrected chi connectivity index (χ3v) is 1.31. The van der Waals surface area contributed by atoms with Crippen LogP contribution in [0.5, 0.6) is 0 Å². The van der Waals surface area contributed by atoms with E-state index in [9.17, 15) is 0 Å². The fraction of sp³-hybridized carbons (Fsp3) is 0.500. The summed E-state index contributed by atoms with van der Waals surface area (Å²) in [6, 6.07) is 0. The Morgan fingerprint density at radius 2 is 2.09 bits per heavy atom. The van der Waals surface area contributed by atoms with Gasteiger partial charge < -0.3 is 0 Å². The molecule has 3 heteroatoms. The predicted molar refractivity (Wildman–Crippen MR) is 40.4 cm³/mol. The molecule has 0 bridgehead atoms. The van der Waals surface area contributed by atoms with Crippen LogP contribution in [0.3, 0.4) is 0 Å². The van der Waals surface area contributed by atoms with Crippen molar-refractivity contribution in [1.82, 2.24) is 0 Å². The summed E-state index contributed by atoms with van der Waals surface area (Å²) in [6.45, 7) is 2.20. The zero-order valence-electron chi connectivity index (χ0n) is 6.59.